The molecule has 0 aliphatic carbocycles. The van der Waals surface area contributed by atoms with E-state index >= 15 is 0 Å². The molecule has 108 valence electrons. The molecule has 0 amide bonds. The average molecular weight is 292 g/mol. The first-order valence-electron chi connectivity index (χ1n) is 6.66. The lowest BCUT2D eigenvalue weighted by Crippen LogP contribution is -2.21. The van der Waals surface area contributed by atoms with Crippen molar-refractivity contribution in [3.63, 3.8) is 0 Å². The molecular weight excluding hydrogens is 272 g/mol. The van der Waals surface area contributed by atoms with Crippen LogP contribution in [0.4, 0.5) is 0 Å². The molecule has 5 nitrogen and oxygen atoms in total. The average Bonchev–Trinajstić information content (AvgIpc) is 2.93. The molecule has 1 N–H and O–H groups in total. The quantitative estimate of drug-likeness (QED) is 0.786. The minimum atomic E-state index is -0.751. The highest BCUT2D eigenvalue weighted by molar-refractivity contribution is 7.84. The molecule has 0 bridgehead atoms. The fraction of sp³-hybridized carbons (Fsp3) is 0.429. The second-order valence-corrected chi connectivity index (χ2v) is 6.54. The Morgan fingerprint density at radius 3 is 2.80 bits per heavy atom. The van der Waals surface area contributed by atoms with Crippen molar-refractivity contribution >= 4 is 10.8 Å². The van der Waals surface area contributed by atoms with Crippen molar-refractivity contribution in [2.24, 2.45) is 0 Å². The standard InChI is InChI=1S/C14H20N4OS/c1-12(20(2)19)8-9-15-10-13-11-16-18(17-13)14-6-4-3-5-7-14/h3-7,11-12,15H,8-10H2,1-2H3. The summed E-state index contributed by atoms with van der Waals surface area (Å²) in [5.41, 5.74) is 1.85. The summed E-state index contributed by atoms with van der Waals surface area (Å²) in [4.78, 5) is 1.63. The van der Waals surface area contributed by atoms with Gasteiger partial charge in [-0.2, -0.15) is 15.0 Å². The number of hydrogen-bond donors (Lipinski definition) is 1. The van der Waals surface area contributed by atoms with E-state index in [-0.39, 0.29) is 5.25 Å². The molecule has 0 saturated carbocycles. The molecule has 6 heteroatoms. The summed E-state index contributed by atoms with van der Waals surface area (Å²) in [6.07, 6.45) is 4.41. The van der Waals surface area contributed by atoms with Crippen LogP contribution in [0.2, 0.25) is 0 Å². The normalized spacial score (nSPS) is 14.1. The number of benzene rings is 1. The summed E-state index contributed by atoms with van der Waals surface area (Å²) in [7, 11) is -0.751. The van der Waals surface area contributed by atoms with Gasteiger partial charge in [-0.05, 0) is 25.1 Å². The van der Waals surface area contributed by atoms with Crippen molar-refractivity contribution < 1.29 is 4.21 Å². The molecule has 20 heavy (non-hydrogen) atoms. The molecule has 1 aromatic carbocycles. The molecule has 0 aliphatic rings. The van der Waals surface area contributed by atoms with Gasteiger partial charge in [0.2, 0.25) is 0 Å². The van der Waals surface area contributed by atoms with E-state index in [2.05, 4.69) is 15.5 Å². The van der Waals surface area contributed by atoms with Crippen LogP contribution in [0.3, 0.4) is 0 Å². The van der Waals surface area contributed by atoms with Crippen molar-refractivity contribution in [1.82, 2.24) is 20.3 Å². The van der Waals surface area contributed by atoms with Gasteiger partial charge in [-0.3, -0.25) is 4.21 Å². The maximum atomic E-state index is 11.2. The molecule has 0 fully saturated rings. The largest absolute Gasteiger partial charge is 0.311 e. The first kappa shape index (κ1) is 14.9. The predicted octanol–water partition coefficient (Wildman–Crippen LogP) is 1.51. The Morgan fingerprint density at radius 1 is 1.35 bits per heavy atom. The molecule has 2 unspecified atom stereocenters. The lowest BCUT2D eigenvalue weighted by atomic mass is 10.3. The van der Waals surface area contributed by atoms with Gasteiger partial charge in [0.25, 0.3) is 0 Å². The van der Waals surface area contributed by atoms with Crippen molar-refractivity contribution in [1.29, 1.82) is 0 Å². The SMILES string of the molecule is CC(CCNCc1cnn(-c2ccccc2)n1)S(C)=O. The van der Waals surface area contributed by atoms with Crippen LogP contribution < -0.4 is 5.32 Å². The van der Waals surface area contributed by atoms with E-state index < -0.39 is 10.8 Å². The molecule has 1 aromatic heterocycles. The molecule has 2 atom stereocenters. The zero-order valence-electron chi connectivity index (χ0n) is 11.8. The van der Waals surface area contributed by atoms with Gasteiger partial charge in [-0.1, -0.05) is 25.1 Å². The lowest BCUT2D eigenvalue weighted by molar-refractivity contribution is 0.618. The van der Waals surface area contributed by atoms with Crippen molar-refractivity contribution in [2.75, 3.05) is 12.8 Å². The van der Waals surface area contributed by atoms with Gasteiger partial charge in [0.1, 0.15) is 0 Å². The highest BCUT2D eigenvalue weighted by atomic mass is 32.2. The van der Waals surface area contributed by atoms with Crippen LogP contribution >= 0.6 is 0 Å². The first-order chi connectivity index (χ1) is 9.66. The Kier molecular flexibility index (Phi) is 5.43. The molecule has 0 spiro atoms. The van der Waals surface area contributed by atoms with Crippen molar-refractivity contribution in [3.05, 3.63) is 42.2 Å². The number of hydrogen-bond acceptors (Lipinski definition) is 4. The van der Waals surface area contributed by atoms with Crippen LogP contribution in [-0.2, 0) is 17.3 Å². The summed E-state index contributed by atoms with van der Waals surface area (Å²) < 4.78 is 11.2. The Morgan fingerprint density at radius 2 is 2.10 bits per heavy atom. The summed E-state index contributed by atoms with van der Waals surface area (Å²) in [5, 5.41) is 12.2. The van der Waals surface area contributed by atoms with E-state index in [1.165, 1.54) is 0 Å². The Balaban J connectivity index is 1.81. The molecule has 1 heterocycles. The zero-order chi connectivity index (χ0) is 14.4. The highest BCUT2D eigenvalue weighted by Gasteiger charge is 2.06. The van der Waals surface area contributed by atoms with Gasteiger partial charge >= 0.3 is 0 Å². The number of nitrogens with zero attached hydrogens (tertiary/aromatic N) is 3. The molecule has 0 radical (unpaired) electrons. The van der Waals surface area contributed by atoms with Gasteiger partial charge in [0.15, 0.2) is 0 Å². The lowest BCUT2D eigenvalue weighted by Gasteiger charge is -2.07. The molecule has 2 aromatic rings. The van der Waals surface area contributed by atoms with Crippen LogP contribution in [0.5, 0.6) is 0 Å². The topological polar surface area (TPSA) is 59.8 Å². The molecule has 0 aliphatic heterocycles. The van der Waals surface area contributed by atoms with E-state index in [9.17, 15) is 4.21 Å². The van der Waals surface area contributed by atoms with E-state index in [1.54, 1.807) is 17.2 Å². The Bertz CT molecular complexity index is 555. The zero-order valence-corrected chi connectivity index (χ0v) is 12.6. The molecule has 2 rings (SSSR count). The maximum absolute atomic E-state index is 11.2. The Labute approximate surface area is 121 Å². The Hall–Kier alpha value is -1.53. The second kappa shape index (κ2) is 7.31. The van der Waals surface area contributed by atoms with Gasteiger partial charge in [-0.25, -0.2) is 0 Å². The maximum Gasteiger partial charge on any atom is 0.0969 e. The summed E-state index contributed by atoms with van der Waals surface area (Å²) in [5.74, 6) is 0. The van der Waals surface area contributed by atoms with E-state index in [0.29, 0.717) is 6.54 Å². The number of aromatic nitrogens is 3. The van der Waals surface area contributed by atoms with Crippen LogP contribution in [0.1, 0.15) is 19.0 Å². The number of rotatable bonds is 7. The van der Waals surface area contributed by atoms with Crippen molar-refractivity contribution in [2.45, 2.75) is 25.1 Å². The number of nitrogens with one attached hydrogen (secondary N) is 1. The minimum absolute atomic E-state index is 0.225. The van der Waals surface area contributed by atoms with Gasteiger partial charge in [0, 0.05) is 28.9 Å². The highest BCUT2D eigenvalue weighted by Crippen LogP contribution is 2.04. The van der Waals surface area contributed by atoms with E-state index in [1.807, 2.05) is 37.3 Å². The third-order valence-electron chi connectivity index (χ3n) is 3.13. The molecule has 0 saturated heterocycles. The first-order valence-corrected chi connectivity index (χ1v) is 8.28. The van der Waals surface area contributed by atoms with Gasteiger partial charge in [0.05, 0.1) is 17.6 Å². The van der Waals surface area contributed by atoms with Crippen LogP contribution in [0.15, 0.2) is 36.5 Å². The second-order valence-electron chi connectivity index (χ2n) is 4.74. The van der Waals surface area contributed by atoms with Crippen LogP contribution in [0, 0.1) is 0 Å². The number of para-hydroxylation sites is 1. The third-order valence-corrected chi connectivity index (χ3v) is 4.50. The van der Waals surface area contributed by atoms with Gasteiger partial charge < -0.3 is 5.32 Å². The summed E-state index contributed by atoms with van der Waals surface area (Å²) in [6.45, 7) is 3.51. The summed E-state index contributed by atoms with van der Waals surface area (Å²) >= 11 is 0. The van der Waals surface area contributed by atoms with Gasteiger partial charge in [-0.15, -0.1) is 0 Å². The monoisotopic (exact) mass is 292 g/mol. The van der Waals surface area contributed by atoms with Crippen molar-refractivity contribution in [3.8, 4) is 5.69 Å². The van der Waals surface area contributed by atoms with Crippen LogP contribution in [0.25, 0.3) is 5.69 Å². The van der Waals surface area contributed by atoms with E-state index in [0.717, 1.165) is 24.3 Å². The summed E-state index contributed by atoms with van der Waals surface area (Å²) in [6, 6.07) is 9.82. The minimum Gasteiger partial charge on any atom is -0.311 e. The predicted molar refractivity (Wildman–Crippen MR) is 81.2 cm³/mol. The molecular formula is C14H20N4OS. The van der Waals surface area contributed by atoms with E-state index in [4.69, 9.17) is 0 Å². The third kappa shape index (κ3) is 4.25. The fourth-order valence-corrected chi connectivity index (χ4v) is 2.20. The fourth-order valence-electron chi connectivity index (χ4n) is 1.75. The van der Waals surface area contributed by atoms with Crippen LogP contribution in [-0.4, -0.2) is 37.3 Å². The smallest absolute Gasteiger partial charge is 0.0969 e.